The Bertz CT molecular complexity index is 681. The van der Waals surface area contributed by atoms with Crippen LogP contribution in [0.2, 0.25) is 5.02 Å². The lowest BCUT2D eigenvalue weighted by molar-refractivity contribution is -0.384. The van der Waals surface area contributed by atoms with Gasteiger partial charge in [0.2, 0.25) is 0 Å². The third kappa shape index (κ3) is 2.41. The molecule has 1 N–H and O–H groups in total. The number of nitro benzene ring substituents is 1. The Morgan fingerprint density at radius 2 is 2.16 bits per heavy atom. The lowest BCUT2D eigenvalue weighted by Gasteiger charge is -2.04. The zero-order valence-corrected chi connectivity index (χ0v) is 10.5. The largest absolute Gasteiger partial charge is 0.476 e. The van der Waals surface area contributed by atoms with E-state index in [1.54, 1.807) is 6.92 Å². The molecule has 7 nitrogen and oxygen atoms in total. The zero-order valence-electron chi connectivity index (χ0n) is 9.70. The molecule has 0 aliphatic rings. The number of rotatable bonds is 3. The second-order valence-electron chi connectivity index (χ2n) is 3.78. The molecule has 1 heterocycles. The van der Waals surface area contributed by atoms with Gasteiger partial charge >= 0.3 is 5.97 Å². The van der Waals surface area contributed by atoms with E-state index in [1.807, 2.05) is 0 Å². The molecule has 0 radical (unpaired) electrons. The average molecular weight is 282 g/mol. The number of benzene rings is 1. The van der Waals surface area contributed by atoms with Crippen LogP contribution in [0.5, 0.6) is 0 Å². The highest BCUT2D eigenvalue weighted by molar-refractivity contribution is 6.32. The van der Waals surface area contributed by atoms with E-state index in [0.29, 0.717) is 11.4 Å². The quantitative estimate of drug-likeness (QED) is 0.688. The molecule has 1 aromatic carbocycles. The Morgan fingerprint density at radius 3 is 2.68 bits per heavy atom. The van der Waals surface area contributed by atoms with E-state index in [1.165, 1.54) is 28.9 Å². The molecule has 0 fully saturated rings. The lowest BCUT2D eigenvalue weighted by Crippen LogP contribution is -2.03. The van der Waals surface area contributed by atoms with Gasteiger partial charge < -0.3 is 5.11 Å². The van der Waals surface area contributed by atoms with E-state index in [0.717, 1.165) is 0 Å². The Balaban J connectivity index is 2.56. The van der Waals surface area contributed by atoms with Gasteiger partial charge in [-0.25, -0.2) is 9.48 Å². The van der Waals surface area contributed by atoms with Crippen molar-refractivity contribution in [2.24, 2.45) is 0 Å². The molecular formula is C11H8ClN3O4. The fourth-order valence-electron chi connectivity index (χ4n) is 1.61. The van der Waals surface area contributed by atoms with Crippen LogP contribution in [-0.2, 0) is 0 Å². The summed E-state index contributed by atoms with van der Waals surface area (Å²) in [5.41, 5.74) is 0.538. The van der Waals surface area contributed by atoms with E-state index < -0.39 is 10.9 Å². The molecule has 2 rings (SSSR count). The number of aromatic carboxylic acids is 1. The third-order valence-corrected chi connectivity index (χ3v) is 2.80. The lowest BCUT2D eigenvalue weighted by atomic mass is 10.2. The Morgan fingerprint density at radius 1 is 1.47 bits per heavy atom. The van der Waals surface area contributed by atoms with Crippen LogP contribution in [0, 0.1) is 17.0 Å². The Kier molecular flexibility index (Phi) is 3.22. The Labute approximate surface area is 112 Å². The molecule has 0 amide bonds. The van der Waals surface area contributed by atoms with Gasteiger partial charge in [0, 0.05) is 11.8 Å². The molecule has 98 valence electrons. The molecule has 0 spiro atoms. The number of carboxylic acid groups (broad SMARTS) is 1. The molecule has 0 atom stereocenters. The van der Waals surface area contributed by atoms with E-state index in [9.17, 15) is 14.9 Å². The summed E-state index contributed by atoms with van der Waals surface area (Å²) in [6.45, 7) is 1.65. The molecule has 0 unspecified atom stereocenters. The fraction of sp³-hybridized carbons (Fsp3) is 0.0909. The van der Waals surface area contributed by atoms with Crippen molar-refractivity contribution in [3.05, 3.63) is 50.8 Å². The van der Waals surface area contributed by atoms with Crippen LogP contribution in [0.1, 0.15) is 16.2 Å². The van der Waals surface area contributed by atoms with Crippen molar-refractivity contribution < 1.29 is 14.8 Å². The topological polar surface area (TPSA) is 98.3 Å². The van der Waals surface area contributed by atoms with E-state index in [4.69, 9.17) is 16.7 Å². The molecule has 0 saturated heterocycles. The Hall–Kier alpha value is -2.41. The molecular weight excluding hydrogens is 274 g/mol. The summed E-state index contributed by atoms with van der Waals surface area (Å²) in [4.78, 5) is 21.0. The normalized spacial score (nSPS) is 10.4. The minimum atomic E-state index is -1.16. The number of halogens is 1. The number of nitro groups is 1. The monoisotopic (exact) mass is 281 g/mol. The fourth-order valence-corrected chi connectivity index (χ4v) is 1.80. The summed E-state index contributed by atoms with van der Waals surface area (Å²) in [6.07, 6.45) is 0. The van der Waals surface area contributed by atoms with E-state index in [2.05, 4.69) is 5.10 Å². The SMILES string of the molecule is Cc1cc(C(=O)O)nn1-c1ccc(Cl)c([N+](=O)[O-])c1. The molecule has 1 aromatic heterocycles. The maximum Gasteiger partial charge on any atom is 0.356 e. The molecule has 0 saturated carbocycles. The van der Waals surface area contributed by atoms with Crippen molar-refractivity contribution in [1.29, 1.82) is 0 Å². The van der Waals surface area contributed by atoms with Crippen molar-refractivity contribution in [1.82, 2.24) is 9.78 Å². The first-order valence-corrected chi connectivity index (χ1v) is 5.52. The number of aryl methyl sites for hydroxylation is 1. The summed E-state index contributed by atoms with van der Waals surface area (Å²) in [6, 6.07) is 5.52. The predicted octanol–water partition coefficient (Wildman–Crippen LogP) is 2.44. The predicted molar refractivity (Wildman–Crippen MR) is 66.9 cm³/mol. The van der Waals surface area contributed by atoms with Gasteiger partial charge in [-0.2, -0.15) is 5.10 Å². The number of hydrogen-bond acceptors (Lipinski definition) is 4. The molecule has 19 heavy (non-hydrogen) atoms. The van der Waals surface area contributed by atoms with Gasteiger partial charge in [-0.15, -0.1) is 0 Å². The number of carbonyl (C=O) groups is 1. The minimum absolute atomic E-state index is 0.0111. The van der Waals surface area contributed by atoms with Crippen molar-refractivity contribution in [3.63, 3.8) is 0 Å². The number of hydrogen-bond donors (Lipinski definition) is 1. The maximum absolute atomic E-state index is 10.8. The molecule has 0 aliphatic carbocycles. The number of nitrogens with zero attached hydrogens (tertiary/aromatic N) is 3. The van der Waals surface area contributed by atoms with Crippen molar-refractivity contribution in [3.8, 4) is 5.69 Å². The summed E-state index contributed by atoms with van der Waals surface area (Å²) < 4.78 is 1.31. The molecule has 8 heteroatoms. The molecule has 2 aromatic rings. The van der Waals surface area contributed by atoms with Gasteiger partial charge in [0.25, 0.3) is 5.69 Å². The maximum atomic E-state index is 10.8. The van der Waals surface area contributed by atoms with E-state index >= 15 is 0 Å². The van der Waals surface area contributed by atoms with Crippen LogP contribution in [-0.4, -0.2) is 25.8 Å². The van der Waals surface area contributed by atoms with Crippen LogP contribution in [0.25, 0.3) is 5.69 Å². The van der Waals surface area contributed by atoms with Crippen LogP contribution in [0.4, 0.5) is 5.69 Å². The first kappa shape index (κ1) is 13.0. The smallest absolute Gasteiger partial charge is 0.356 e. The summed E-state index contributed by atoms with van der Waals surface area (Å²) in [5.74, 6) is -1.16. The second kappa shape index (κ2) is 4.69. The van der Waals surface area contributed by atoms with Crippen molar-refractivity contribution in [2.45, 2.75) is 6.92 Å². The van der Waals surface area contributed by atoms with Crippen LogP contribution >= 0.6 is 11.6 Å². The zero-order chi connectivity index (χ0) is 14.2. The number of carboxylic acids is 1. The highest BCUT2D eigenvalue weighted by atomic mass is 35.5. The second-order valence-corrected chi connectivity index (χ2v) is 4.19. The van der Waals surface area contributed by atoms with Crippen LogP contribution in [0.15, 0.2) is 24.3 Å². The highest BCUT2D eigenvalue weighted by Gasteiger charge is 2.16. The van der Waals surface area contributed by atoms with Crippen molar-refractivity contribution in [2.75, 3.05) is 0 Å². The highest BCUT2D eigenvalue weighted by Crippen LogP contribution is 2.27. The minimum Gasteiger partial charge on any atom is -0.476 e. The summed E-state index contributed by atoms with van der Waals surface area (Å²) in [5, 5.41) is 23.5. The molecule has 0 bridgehead atoms. The first-order chi connectivity index (χ1) is 8.90. The third-order valence-electron chi connectivity index (χ3n) is 2.48. The summed E-state index contributed by atoms with van der Waals surface area (Å²) >= 11 is 5.71. The van der Waals surface area contributed by atoms with Crippen LogP contribution in [0.3, 0.4) is 0 Å². The van der Waals surface area contributed by atoms with Gasteiger partial charge in [0.15, 0.2) is 5.69 Å². The summed E-state index contributed by atoms with van der Waals surface area (Å²) in [7, 11) is 0. The first-order valence-electron chi connectivity index (χ1n) is 5.14. The number of aromatic nitrogens is 2. The van der Waals surface area contributed by atoms with Gasteiger partial charge in [0.05, 0.1) is 10.6 Å². The van der Waals surface area contributed by atoms with Gasteiger partial charge in [-0.1, -0.05) is 11.6 Å². The van der Waals surface area contributed by atoms with Crippen LogP contribution < -0.4 is 0 Å². The van der Waals surface area contributed by atoms with E-state index in [-0.39, 0.29) is 16.4 Å². The molecule has 0 aliphatic heterocycles. The average Bonchev–Trinajstić information content (AvgIpc) is 2.72. The van der Waals surface area contributed by atoms with Gasteiger partial charge in [0.1, 0.15) is 5.02 Å². The van der Waals surface area contributed by atoms with Crippen molar-refractivity contribution >= 4 is 23.3 Å². The standard InChI is InChI=1S/C11H8ClN3O4/c1-6-4-9(11(16)17)13-14(6)7-2-3-8(12)10(5-7)15(18)19/h2-5H,1H3,(H,16,17). The van der Waals surface area contributed by atoms with Gasteiger partial charge in [-0.3, -0.25) is 10.1 Å². The van der Waals surface area contributed by atoms with Gasteiger partial charge in [-0.05, 0) is 25.1 Å².